The Balaban J connectivity index is 1.72. The van der Waals surface area contributed by atoms with Gasteiger partial charge in [-0.3, -0.25) is 9.59 Å². The zero-order valence-corrected chi connectivity index (χ0v) is 16.9. The lowest BCUT2D eigenvalue weighted by Gasteiger charge is -2.08. The average Bonchev–Trinajstić information content (AvgIpc) is 3.25. The third-order valence-electron chi connectivity index (χ3n) is 3.53. The minimum absolute atomic E-state index is 0.0887. The number of benzene rings is 1. The van der Waals surface area contributed by atoms with Crippen molar-refractivity contribution in [1.29, 1.82) is 0 Å². The highest BCUT2D eigenvalue weighted by atomic mass is 35.5. The molecule has 6 nitrogen and oxygen atoms in total. The van der Waals surface area contributed by atoms with E-state index in [0.717, 1.165) is 9.88 Å². The number of thiophene rings is 1. The molecule has 0 saturated carbocycles. The lowest BCUT2D eigenvalue weighted by atomic mass is 10.3. The van der Waals surface area contributed by atoms with Crippen LogP contribution in [0.2, 0.25) is 4.34 Å². The number of nitrogens with one attached hydrogen (secondary N) is 2. The smallest absolute Gasteiger partial charge is 0.267 e. The Kier molecular flexibility index (Phi) is 6.10. The quantitative estimate of drug-likeness (QED) is 0.624. The predicted octanol–water partition coefficient (Wildman–Crippen LogP) is 4.21. The van der Waals surface area contributed by atoms with Crippen LogP contribution in [0.1, 0.15) is 15.4 Å². The van der Waals surface area contributed by atoms with E-state index < -0.39 is 0 Å². The van der Waals surface area contributed by atoms with Crippen molar-refractivity contribution in [1.82, 2.24) is 10.3 Å². The summed E-state index contributed by atoms with van der Waals surface area (Å²) in [5, 5.41) is 6.08. The minimum atomic E-state index is -0.248. The largest absolute Gasteiger partial charge is 0.484 e. The molecule has 0 saturated heterocycles. The maximum Gasteiger partial charge on any atom is 0.267 e. The van der Waals surface area contributed by atoms with Crippen LogP contribution in [0, 0.1) is 6.92 Å². The molecule has 140 valence electrons. The molecule has 0 aliphatic rings. The molecule has 0 fully saturated rings. The van der Waals surface area contributed by atoms with E-state index in [9.17, 15) is 9.59 Å². The van der Waals surface area contributed by atoms with E-state index in [2.05, 4.69) is 15.6 Å². The van der Waals surface area contributed by atoms with Crippen molar-refractivity contribution in [3.63, 3.8) is 0 Å². The molecule has 0 unspecified atom stereocenters. The molecule has 0 bridgehead atoms. The Hall–Kier alpha value is -2.42. The average molecular weight is 422 g/mol. The zero-order chi connectivity index (χ0) is 19.4. The molecule has 27 heavy (non-hydrogen) atoms. The van der Waals surface area contributed by atoms with E-state index >= 15 is 0 Å². The van der Waals surface area contributed by atoms with Gasteiger partial charge in [-0.05, 0) is 31.2 Å². The number of ether oxygens (including phenoxy) is 1. The molecule has 0 aliphatic heterocycles. The summed E-state index contributed by atoms with van der Waals surface area (Å²) in [5.41, 5.74) is 1.23. The number of amides is 2. The molecular weight excluding hydrogens is 406 g/mol. The second-order valence-electron chi connectivity index (χ2n) is 5.48. The Morgan fingerprint density at radius 3 is 2.74 bits per heavy atom. The number of thiazole rings is 1. The van der Waals surface area contributed by atoms with E-state index in [0.29, 0.717) is 26.3 Å². The number of hydrogen-bond acceptors (Lipinski definition) is 6. The number of aromatic nitrogens is 1. The highest BCUT2D eigenvalue weighted by molar-refractivity contribution is 7.24. The standard InChI is InChI=1S/C18H16ClN3O3S2/c1-10-16(27-18(21-10)13-6-7-14(19)26-13)17(24)22-11-4-3-5-12(8-11)25-9-15(23)20-2/h3-8H,9H2,1-2H3,(H,20,23)(H,22,24). The summed E-state index contributed by atoms with van der Waals surface area (Å²) in [7, 11) is 1.54. The van der Waals surface area contributed by atoms with Crippen LogP contribution in [-0.4, -0.2) is 30.5 Å². The molecule has 2 heterocycles. The molecular formula is C18H16ClN3O3S2. The number of hydrogen-bond donors (Lipinski definition) is 2. The van der Waals surface area contributed by atoms with E-state index in [1.807, 2.05) is 12.1 Å². The molecule has 0 radical (unpaired) electrons. The van der Waals surface area contributed by atoms with Crippen LogP contribution in [0.4, 0.5) is 5.69 Å². The first-order chi connectivity index (χ1) is 13.0. The molecule has 2 amide bonds. The maximum atomic E-state index is 12.6. The highest BCUT2D eigenvalue weighted by Crippen LogP contribution is 2.35. The molecule has 2 N–H and O–H groups in total. The van der Waals surface area contributed by atoms with Gasteiger partial charge in [0.05, 0.1) is 14.9 Å². The third-order valence-corrected chi connectivity index (χ3v) is 6.08. The summed E-state index contributed by atoms with van der Waals surface area (Å²) in [4.78, 5) is 29.8. The lowest BCUT2D eigenvalue weighted by Crippen LogP contribution is -2.24. The van der Waals surface area contributed by atoms with Crippen LogP contribution < -0.4 is 15.4 Å². The summed E-state index contributed by atoms with van der Waals surface area (Å²) in [5.74, 6) is 0.0135. The van der Waals surface area contributed by atoms with E-state index in [-0.39, 0.29) is 18.4 Å². The van der Waals surface area contributed by atoms with Gasteiger partial charge in [0.15, 0.2) is 6.61 Å². The Labute approximate surface area is 169 Å². The van der Waals surface area contributed by atoms with Crippen molar-refractivity contribution >= 4 is 51.8 Å². The van der Waals surface area contributed by atoms with Crippen LogP contribution in [0.15, 0.2) is 36.4 Å². The van der Waals surface area contributed by atoms with Gasteiger partial charge in [0.25, 0.3) is 11.8 Å². The summed E-state index contributed by atoms with van der Waals surface area (Å²) < 4.78 is 6.07. The highest BCUT2D eigenvalue weighted by Gasteiger charge is 2.17. The van der Waals surface area contributed by atoms with Gasteiger partial charge in [-0.1, -0.05) is 17.7 Å². The summed E-state index contributed by atoms with van der Waals surface area (Å²) in [6.45, 7) is 1.71. The van der Waals surface area contributed by atoms with E-state index in [4.69, 9.17) is 16.3 Å². The molecule has 3 rings (SSSR count). The molecule has 0 aliphatic carbocycles. The van der Waals surface area contributed by atoms with Gasteiger partial charge in [0.2, 0.25) is 0 Å². The number of carbonyl (C=O) groups excluding carboxylic acids is 2. The van der Waals surface area contributed by atoms with Crippen molar-refractivity contribution in [2.45, 2.75) is 6.92 Å². The number of carbonyl (C=O) groups is 2. The first-order valence-corrected chi connectivity index (χ1v) is 9.95. The number of aryl methyl sites for hydroxylation is 1. The number of rotatable bonds is 6. The van der Waals surface area contributed by atoms with Crippen LogP contribution in [0.25, 0.3) is 9.88 Å². The Bertz CT molecular complexity index is 984. The maximum absolute atomic E-state index is 12.6. The molecule has 0 atom stereocenters. The van der Waals surface area contributed by atoms with Crippen LogP contribution in [0.3, 0.4) is 0 Å². The van der Waals surface area contributed by atoms with Gasteiger partial charge in [-0.15, -0.1) is 22.7 Å². The van der Waals surface area contributed by atoms with Crippen molar-refractivity contribution < 1.29 is 14.3 Å². The summed E-state index contributed by atoms with van der Waals surface area (Å²) in [6.07, 6.45) is 0. The van der Waals surface area contributed by atoms with Crippen molar-refractivity contribution in [3.05, 3.63) is 51.3 Å². The monoisotopic (exact) mass is 421 g/mol. The fourth-order valence-electron chi connectivity index (χ4n) is 2.21. The Morgan fingerprint density at radius 2 is 2.04 bits per heavy atom. The van der Waals surface area contributed by atoms with Gasteiger partial charge < -0.3 is 15.4 Å². The number of nitrogens with zero attached hydrogens (tertiary/aromatic N) is 1. The van der Waals surface area contributed by atoms with Crippen LogP contribution in [0.5, 0.6) is 5.75 Å². The SMILES string of the molecule is CNC(=O)COc1cccc(NC(=O)c2sc(-c3ccc(Cl)s3)nc2C)c1. The second kappa shape index (κ2) is 8.51. The molecule has 1 aromatic carbocycles. The minimum Gasteiger partial charge on any atom is -0.484 e. The van der Waals surface area contributed by atoms with Crippen LogP contribution in [-0.2, 0) is 4.79 Å². The van der Waals surface area contributed by atoms with Gasteiger partial charge in [0.1, 0.15) is 15.6 Å². The third kappa shape index (κ3) is 4.85. The molecule has 2 aromatic heterocycles. The Morgan fingerprint density at radius 1 is 1.22 bits per heavy atom. The number of likely N-dealkylation sites (N-methyl/N-ethyl adjacent to an activating group) is 1. The van der Waals surface area contributed by atoms with Gasteiger partial charge in [0, 0.05) is 18.8 Å². The second-order valence-corrected chi connectivity index (χ2v) is 8.20. The van der Waals surface area contributed by atoms with E-state index in [1.165, 1.54) is 29.7 Å². The fraction of sp³-hybridized carbons (Fsp3) is 0.167. The predicted molar refractivity (Wildman–Crippen MR) is 109 cm³/mol. The van der Waals surface area contributed by atoms with Gasteiger partial charge in [-0.25, -0.2) is 4.98 Å². The van der Waals surface area contributed by atoms with Gasteiger partial charge in [-0.2, -0.15) is 0 Å². The normalized spacial score (nSPS) is 10.5. The first-order valence-electron chi connectivity index (χ1n) is 7.94. The summed E-state index contributed by atoms with van der Waals surface area (Å²) >= 11 is 8.72. The molecule has 0 spiro atoms. The first kappa shape index (κ1) is 19.3. The lowest BCUT2D eigenvalue weighted by molar-refractivity contribution is -0.122. The van der Waals surface area contributed by atoms with Gasteiger partial charge >= 0.3 is 0 Å². The van der Waals surface area contributed by atoms with Crippen molar-refractivity contribution in [3.8, 4) is 15.6 Å². The molecule has 3 aromatic rings. The van der Waals surface area contributed by atoms with Crippen molar-refractivity contribution in [2.24, 2.45) is 0 Å². The van der Waals surface area contributed by atoms with Crippen LogP contribution >= 0.6 is 34.3 Å². The number of anilines is 1. The topological polar surface area (TPSA) is 80.3 Å². The van der Waals surface area contributed by atoms with E-state index in [1.54, 1.807) is 31.2 Å². The zero-order valence-electron chi connectivity index (χ0n) is 14.5. The number of halogens is 1. The molecule has 9 heteroatoms. The van der Waals surface area contributed by atoms with Crippen molar-refractivity contribution in [2.75, 3.05) is 19.0 Å². The summed E-state index contributed by atoms with van der Waals surface area (Å²) in [6, 6.07) is 10.6. The fourth-order valence-corrected chi connectivity index (χ4v) is 4.27.